The van der Waals surface area contributed by atoms with Crippen LogP contribution in [0.1, 0.15) is 20.8 Å². The number of rotatable bonds is 2. The van der Waals surface area contributed by atoms with E-state index in [1.807, 2.05) is 0 Å². The molecule has 1 aromatic heterocycles. The molecule has 0 radical (unpaired) electrons. The van der Waals surface area contributed by atoms with Crippen molar-refractivity contribution in [2.45, 2.75) is 25.5 Å². The van der Waals surface area contributed by atoms with Crippen LogP contribution in [0.25, 0.3) is 0 Å². The van der Waals surface area contributed by atoms with Crippen LogP contribution in [0, 0.1) is 0 Å². The van der Waals surface area contributed by atoms with Crippen LogP contribution in [0.3, 0.4) is 0 Å². The second kappa shape index (κ2) is 4.09. The van der Waals surface area contributed by atoms with E-state index in [2.05, 4.69) is 25.6 Å². The number of anilines is 1. The SMILES string of the molecule is CC(C)(C)S(=O)(=O)Nc1ccncc1Br. The summed E-state index contributed by atoms with van der Waals surface area (Å²) in [6.07, 6.45) is 3.08. The molecule has 0 saturated carbocycles. The van der Waals surface area contributed by atoms with E-state index < -0.39 is 14.8 Å². The van der Waals surface area contributed by atoms with Crippen molar-refractivity contribution >= 4 is 31.6 Å². The Bertz CT molecular complexity index is 451. The summed E-state index contributed by atoms with van der Waals surface area (Å²) < 4.78 is 25.9. The van der Waals surface area contributed by atoms with Crippen molar-refractivity contribution in [2.75, 3.05) is 4.72 Å². The highest BCUT2D eigenvalue weighted by atomic mass is 79.9. The van der Waals surface area contributed by atoms with E-state index in [1.54, 1.807) is 33.0 Å². The molecule has 0 atom stereocenters. The van der Waals surface area contributed by atoms with E-state index in [1.165, 1.54) is 6.20 Å². The molecule has 0 aromatic carbocycles. The van der Waals surface area contributed by atoms with Crippen LogP contribution in [0.2, 0.25) is 0 Å². The second-order valence-electron chi connectivity index (χ2n) is 4.07. The lowest BCUT2D eigenvalue weighted by Crippen LogP contribution is -2.33. The highest BCUT2D eigenvalue weighted by molar-refractivity contribution is 9.10. The van der Waals surface area contributed by atoms with Gasteiger partial charge in [-0.15, -0.1) is 0 Å². The fourth-order valence-corrected chi connectivity index (χ4v) is 2.01. The average Bonchev–Trinajstić information content (AvgIpc) is 2.06. The van der Waals surface area contributed by atoms with Gasteiger partial charge in [-0.1, -0.05) is 0 Å². The summed E-state index contributed by atoms with van der Waals surface area (Å²) in [4.78, 5) is 3.86. The first-order valence-electron chi connectivity index (χ1n) is 4.36. The Morgan fingerprint density at radius 1 is 1.40 bits per heavy atom. The van der Waals surface area contributed by atoms with E-state index >= 15 is 0 Å². The van der Waals surface area contributed by atoms with Crippen LogP contribution in [-0.2, 0) is 10.0 Å². The summed E-state index contributed by atoms with van der Waals surface area (Å²) >= 11 is 3.23. The van der Waals surface area contributed by atoms with E-state index in [0.717, 1.165) is 0 Å². The third-order valence-corrected chi connectivity index (χ3v) is 4.56. The molecule has 1 heterocycles. The standard InChI is InChI=1S/C9H13BrN2O2S/c1-9(2,3)15(13,14)12-8-4-5-11-6-7(8)10/h4-6H,1-3H3,(H,11,12). The second-order valence-corrected chi connectivity index (χ2v) is 7.36. The van der Waals surface area contributed by atoms with Gasteiger partial charge < -0.3 is 0 Å². The third-order valence-electron chi connectivity index (χ3n) is 1.82. The van der Waals surface area contributed by atoms with Gasteiger partial charge in [0.1, 0.15) is 0 Å². The molecule has 0 aliphatic heterocycles. The van der Waals surface area contributed by atoms with E-state index in [4.69, 9.17) is 0 Å². The topological polar surface area (TPSA) is 59.1 Å². The van der Waals surface area contributed by atoms with Crippen molar-refractivity contribution in [3.05, 3.63) is 22.9 Å². The van der Waals surface area contributed by atoms with Crippen LogP contribution in [0.15, 0.2) is 22.9 Å². The largest absolute Gasteiger partial charge is 0.282 e. The molecule has 6 heteroatoms. The molecule has 1 N–H and O–H groups in total. The molecule has 0 spiro atoms. The Balaban J connectivity index is 3.03. The zero-order valence-corrected chi connectivity index (χ0v) is 11.2. The third kappa shape index (κ3) is 2.92. The normalized spacial score (nSPS) is 12.5. The number of sulfonamides is 1. The zero-order valence-electron chi connectivity index (χ0n) is 8.78. The van der Waals surface area contributed by atoms with Gasteiger partial charge in [-0.3, -0.25) is 9.71 Å². The van der Waals surface area contributed by atoms with Crippen molar-refractivity contribution < 1.29 is 8.42 Å². The van der Waals surface area contributed by atoms with Crippen molar-refractivity contribution in [1.82, 2.24) is 4.98 Å². The highest BCUT2D eigenvalue weighted by Crippen LogP contribution is 2.24. The Hall–Kier alpha value is -0.620. The molecule has 0 amide bonds. The van der Waals surface area contributed by atoms with E-state index in [9.17, 15) is 8.42 Å². The maximum Gasteiger partial charge on any atom is 0.237 e. The van der Waals surface area contributed by atoms with Gasteiger partial charge in [0, 0.05) is 12.4 Å². The molecule has 0 aliphatic carbocycles. The number of nitrogens with zero attached hydrogens (tertiary/aromatic N) is 1. The summed E-state index contributed by atoms with van der Waals surface area (Å²) in [6, 6.07) is 1.60. The summed E-state index contributed by atoms with van der Waals surface area (Å²) in [7, 11) is -3.38. The molecule has 0 bridgehead atoms. The predicted molar refractivity (Wildman–Crippen MR) is 64.2 cm³/mol. The maximum atomic E-state index is 11.8. The molecule has 0 aliphatic rings. The number of nitrogens with one attached hydrogen (secondary N) is 1. The first kappa shape index (κ1) is 12.4. The van der Waals surface area contributed by atoms with Gasteiger partial charge in [-0.05, 0) is 42.8 Å². The van der Waals surface area contributed by atoms with Crippen molar-refractivity contribution in [2.24, 2.45) is 0 Å². The number of hydrogen-bond acceptors (Lipinski definition) is 3. The minimum Gasteiger partial charge on any atom is -0.282 e. The molecule has 84 valence electrons. The highest BCUT2D eigenvalue weighted by Gasteiger charge is 2.29. The monoisotopic (exact) mass is 292 g/mol. The number of pyridine rings is 1. The molecule has 15 heavy (non-hydrogen) atoms. The Morgan fingerprint density at radius 3 is 2.47 bits per heavy atom. The minimum atomic E-state index is -3.38. The van der Waals surface area contributed by atoms with Gasteiger partial charge >= 0.3 is 0 Å². The van der Waals surface area contributed by atoms with Gasteiger partial charge in [0.05, 0.1) is 14.9 Å². The van der Waals surface area contributed by atoms with Crippen LogP contribution in [-0.4, -0.2) is 18.1 Å². The van der Waals surface area contributed by atoms with Crippen LogP contribution < -0.4 is 4.72 Å². The smallest absolute Gasteiger partial charge is 0.237 e. The Labute approximate surface area is 98.3 Å². The van der Waals surface area contributed by atoms with Crippen molar-refractivity contribution in [3.8, 4) is 0 Å². The van der Waals surface area contributed by atoms with Gasteiger partial charge in [-0.2, -0.15) is 0 Å². The average molecular weight is 293 g/mol. The summed E-state index contributed by atoms with van der Waals surface area (Å²) in [5.41, 5.74) is 0.500. The lowest BCUT2D eigenvalue weighted by Gasteiger charge is -2.20. The summed E-state index contributed by atoms with van der Waals surface area (Å²) in [5, 5.41) is 0. The Morgan fingerprint density at radius 2 is 2.00 bits per heavy atom. The number of halogens is 1. The fourth-order valence-electron chi connectivity index (χ4n) is 0.756. The van der Waals surface area contributed by atoms with E-state index in [0.29, 0.717) is 10.2 Å². The molecule has 4 nitrogen and oxygen atoms in total. The van der Waals surface area contributed by atoms with Crippen LogP contribution in [0.4, 0.5) is 5.69 Å². The van der Waals surface area contributed by atoms with Gasteiger partial charge in [0.2, 0.25) is 10.0 Å². The van der Waals surface area contributed by atoms with E-state index in [-0.39, 0.29) is 0 Å². The fraction of sp³-hybridized carbons (Fsp3) is 0.444. The van der Waals surface area contributed by atoms with Gasteiger partial charge in [-0.25, -0.2) is 8.42 Å². The molecular formula is C9H13BrN2O2S. The maximum absolute atomic E-state index is 11.8. The molecule has 1 aromatic rings. The Kier molecular flexibility index (Phi) is 3.40. The molecular weight excluding hydrogens is 280 g/mol. The van der Waals surface area contributed by atoms with Gasteiger partial charge in [0.25, 0.3) is 0 Å². The van der Waals surface area contributed by atoms with Crippen molar-refractivity contribution in [1.29, 1.82) is 0 Å². The number of aromatic nitrogens is 1. The lowest BCUT2D eigenvalue weighted by atomic mass is 10.3. The van der Waals surface area contributed by atoms with Crippen molar-refractivity contribution in [3.63, 3.8) is 0 Å². The molecule has 1 rings (SSSR count). The molecule has 0 fully saturated rings. The quantitative estimate of drug-likeness (QED) is 0.910. The van der Waals surface area contributed by atoms with Gasteiger partial charge in [0.15, 0.2) is 0 Å². The first-order chi connectivity index (χ1) is 6.74. The molecule has 0 saturated heterocycles. The van der Waals surface area contributed by atoms with Crippen LogP contribution in [0.5, 0.6) is 0 Å². The minimum absolute atomic E-state index is 0.500. The summed E-state index contributed by atoms with van der Waals surface area (Å²) in [6.45, 7) is 4.93. The first-order valence-corrected chi connectivity index (χ1v) is 6.63. The molecule has 0 unspecified atom stereocenters. The predicted octanol–water partition coefficient (Wildman–Crippen LogP) is 2.38. The zero-order chi connectivity index (χ0) is 11.7. The number of hydrogen-bond donors (Lipinski definition) is 1. The lowest BCUT2D eigenvalue weighted by molar-refractivity contribution is 0.566. The van der Waals surface area contributed by atoms with Crippen LogP contribution >= 0.6 is 15.9 Å². The summed E-state index contributed by atoms with van der Waals surface area (Å²) in [5.74, 6) is 0.